The number of aliphatic hydroxyl groups is 2. The molecule has 0 bridgehead atoms. The Kier molecular flexibility index (Phi) is 6.62. The minimum absolute atomic E-state index is 0.00969. The molecule has 172 valence electrons. The average molecular weight is 479 g/mol. The van der Waals surface area contributed by atoms with E-state index in [9.17, 15) is 28.7 Å². The lowest BCUT2D eigenvalue weighted by atomic mass is 9.93. The second-order valence-electron chi connectivity index (χ2n) is 8.60. The molecule has 9 nitrogen and oxygen atoms in total. The van der Waals surface area contributed by atoms with Crippen molar-refractivity contribution in [1.82, 2.24) is 9.71 Å². The van der Waals surface area contributed by atoms with Crippen LogP contribution in [0, 0.1) is 11.3 Å². The van der Waals surface area contributed by atoms with Gasteiger partial charge in [-0.25, -0.2) is 22.9 Å². The predicted molar refractivity (Wildman–Crippen MR) is 120 cm³/mol. The highest BCUT2D eigenvalue weighted by Crippen LogP contribution is 2.46. The quantitative estimate of drug-likeness (QED) is 0.476. The first-order chi connectivity index (χ1) is 14.9. The van der Waals surface area contributed by atoms with Gasteiger partial charge in [0.05, 0.1) is 23.9 Å². The summed E-state index contributed by atoms with van der Waals surface area (Å²) in [6, 6.07) is 4.61. The van der Waals surface area contributed by atoms with Crippen molar-refractivity contribution in [2.75, 3.05) is 5.32 Å². The monoisotopic (exact) mass is 478 g/mol. The third-order valence-electron chi connectivity index (χ3n) is 5.01. The van der Waals surface area contributed by atoms with Crippen LogP contribution in [0.5, 0.6) is 0 Å². The topological polar surface area (TPSA) is 152 Å². The van der Waals surface area contributed by atoms with Gasteiger partial charge in [0, 0.05) is 5.69 Å². The maximum absolute atomic E-state index is 12.9. The van der Waals surface area contributed by atoms with E-state index in [4.69, 9.17) is 0 Å². The normalized spacial score (nSPS) is 14.3. The molecule has 2 aromatic rings. The molecule has 2 amide bonds. The molecule has 1 saturated carbocycles. The average Bonchev–Trinajstić information content (AvgIpc) is 3.42. The first-order valence-electron chi connectivity index (χ1n) is 10.1. The third-order valence-corrected chi connectivity index (χ3v) is 8.30. The molecule has 32 heavy (non-hydrogen) atoms. The molecule has 4 N–H and O–H groups in total. The Morgan fingerprint density at radius 3 is 2.53 bits per heavy atom. The fraction of sp³-hybridized carbons (Fsp3) is 0.476. The van der Waals surface area contributed by atoms with Gasteiger partial charge in [-0.05, 0) is 61.8 Å². The molecule has 1 aromatic carbocycles. The van der Waals surface area contributed by atoms with E-state index in [-0.39, 0.29) is 26.7 Å². The molecule has 11 heteroatoms. The lowest BCUT2D eigenvalue weighted by Crippen LogP contribution is -2.35. The van der Waals surface area contributed by atoms with Gasteiger partial charge in [-0.3, -0.25) is 0 Å². The number of nitrogens with zero attached hydrogens (tertiary/aromatic N) is 2. The van der Waals surface area contributed by atoms with Crippen molar-refractivity contribution in [2.24, 2.45) is 0 Å². The number of thiazole rings is 1. The molecular formula is C21H26N4O5S2. The SMILES string of the molecule is CC(C)c1cc(C#N)cc(C2CC2)c1NC(=O)NS(=O)(=O)c1sc(C(C)(C)O)nc1CO. The lowest BCUT2D eigenvalue weighted by Gasteiger charge is -2.19. The van der Waals surface area contributed by atoms with Gasteiger partial charge in [0.15, 0.2) is 4.21 Å². The largest absolute Gasteiger partial charge is 0.390 e. The summed E-state index contributed by atoms with van der Waals surface area (Å²) in [7, 11) is -4.35. The van der Waals surface area contributed by atoms with Crippen LogP contribution in [0.15, 0.2) is 16.3 Å². The molecule has 0 atom stereocenters. The summed E-state index contributed by atoms with van der Waals surface area (Å²) in [5.41, 5.74) is 1.02. The highest BCUT2D eigenvalue weighted by atomic mass is 32.2. The number of hydrogen-bond donors (Lipinski definition) is 4. The van der Waals surface area contributed by atoms with Crippen molar-refractivity contribution in [3.63, 3.8) is 0 Å². The maximum Gasteiger partial charge on any atom is 0.333 e. The Balaban J connectivity index is 1.93. The number of benzene rings is 1. The Morgan fingerprint density at radius 2 is 2.03 bits per heavy atom. The van der Waals surface area contributed by atoms with E-state index in [1.54, 1.807) is 12.1 Å². The van der Waals surface area contributed by atoms with Gasteiger partial charge in [0.2, 0.25) is 0 Å². The van der Waals surface area contributed by atoms with Crippen molar-refractivity contribution >= 4 is 33.1 Å². The second kappa shape index (κ2) is 8.78. The van der Waals surface area contributed by atoms with Crippen LogP contribution in [0.25, 0.3) is 0 Å². The molecule has 0 spiro atoms. The lowest BCUT2D eigenvalue weighted by molar-refractivity contribution is 0.0779. The number of nitriles is 1. The molecule has 1 fully saturated rings. The summed E-state index contributed by atoms with van der Waals surface area (Å²) >= 11 is 0.690. The third kappa shape index (κ3) is 5.10. The summed E-state index contributed by atoms with van der Waals surface area (Å²) in [6.45, 7) is 6.08. The van der Waals surface area contributed by atoms with Gasteiger partial charge in [-0.1, -0.05) is 13.8 Å². The number of hydrogen-bond acceptors (Lipinski definition) is 8. The molecule has 1 aliphatic rings. The van der Waals surface area contributed by atoms with Crippen LogP contribution in [0.1, 0.15) is 79.8 Å². The smallest absolute Gasteiger partial charge is 0.333 e. The molecule has 0 aliphatic heterocycles. The van der Waals surface area contributed by atoms with Crippen molar-refractivity contribution < 1.29 is 23.4 Å². The zero-order valence-corrected chi connectivity index (χ0v) is 19.9. The van der Waals surface area contributed by atoms with E-state index in [2.05, 4.69) is 16.4 Å². The van der Waals surface area contributed by atoms with Crippen LogP contribution in [0.2, 0.25) is 0 Å². The number of sulfonamides is 1. The van der Waals surface area contributed by atoms with Gasteiger partial charge in [-0.2, -0.15) is 5.26 Å². The second-order valence-corrected chi connectivity index (χ2v) is 11.5. The minimum atomic E-state index is -4.35. The first kappa shape index (κ1) is 24.1. The van der Waals surface area contributed by atoms with Crippen LogP contribution in [-0.2, 0) is 22.2 Å². The minimum Gasteiger partial charge on any atom is -0.390 e. The summed E-state index contributed by atoms with van der Waals surface area (Å²) in [6.07, 6.45) is 1.86. The molecular weight excluding hydrogens is 452 g/mol. The van der Waals surface area contributed by atoms with Crippen molar-refractivity contribution in [3.8, 4) is 6.07 Å². The Labute approximate surface area is 191 Å². The van der Waals surface area contributed by atoms with Crippen LogP contribution in [-0.4, -0.2) is 29.6 Å². The number of carbonyl (C=O) groups excluding carboxylic acids is 1. The molecule has 3 rings (SSSR count). The number of aromatic nitrogens is 1. The van der Waals surface area contributed by atoms with E-state index in [1.807, 2.05) is 18.6 Å². The van der Waals surface area contributed by atoms with E-state index >= 15 is 0 Å². The fourth-order valence-electron chi connectivity index (χ4n) is 3.29. The van der Waals surface area contributed by atoms with Gasteiger partial charge < -0.3 is 15.5 Å². The number of aliphatic hydroxyl groups excluding tert-OH is 1. The fourth-order valence-corrected chi connectivity index (χ4v) is 5.70. The number of carbonyl (C=O) groups is 1. The maximum atomic E-state index is 12.9. The van der Waals surface area contributed by atoms with Crippen molar-refractivity contribution in [3.05, 3.63) is 39.5 Å². The Morgan fingerprint density at radius 1 is 1.38 bits per heavy atom. The van der Waals surface area contributed by atoms with Crippen LogP contribution < -0.4 is 10.0 Å². The van der Waals surface area contributed by atoms with Crippen LogP contribution in [0.3, 0.4) is 0 Å². The summed E-state index contributed by atoms with van der Waals surface area (Å²) in [5, 5.41) is 31.8. The van der Waals surface area contributed by atoms with Crippen molar-refractivity contribution in [1.29, 1.82) is 5.26 Å². The number of urea groups is 1. The van der Waals surface area contributed by atoms with E-state index in [1.165, 1.54) is 13.8 Å². The first-order valence-corrected chi connectivity index (χ1v) is 12.4. The summed E-state index contributed by atoms with van der Waals surface area (Å²) < 4.78 is 27.4. The van der Waals surface area contributed by atoms with Crippen molar-refractivity contribution in [2.45, 2.75) is 68.8 Å². The number of anilines is 1. The highest BCUT2D eigenvalue weighted by molar-refractivity contribution is 7.92. The predicted octanol–water partition coefficient (Wildman–Crippen LogP) is 3.25. The van der Waals surface area contributed by atoms with Gasteiger partial charge >= 0.3 is 6.03 Å². The molecule has 1 heterocycles. The molecule has 0 radical (unpaired) electrons. The zero-order valence-electron chi connectivity index (χ0n) is 18.3. The molecule has 0 unspecified atom stereocenters. The Hall–Kier alpha value is -2.52. The Bertz CT molecular complexity index is 1160. The van der Waals surface area contributed by atoms with Gasteiger partial charge in [0.1, 0.15) is 10.6 Å². The van der Waals surface area contributed by atoms with Gasteiger partial charge in [-0.15, -0.1) is 11.3 Å². The van der Waals surface area contributed by atoms with E-state index in [0.717, 1.165) is 24.0 Å². The number of nitrogens with one attached hydrogen (secondary N) is 2. The molecule has 1 aliphatic carbocycles. The number of amides is 2. The van der Waals surface area contributed by atoms with Crippen LogP contribution in [0.4, 0.5) is 10.5 Å². The standard InChI is InChI=1S/C21H26N4O5S2/c1-11(2)14-7-12(9-22)8-15(13-5-6-13)17(14)24-20(27)25-32(29,30)18-16(10-26)23-19(31-18)21(3,4)28/h7-8,11,13,26,28H,5-6,10H2,1-4H3,(H2,24,25,27). The van der Waals surface area contributed by atoms with Crippen LogP contribution >= 0.6 is 11.3 Å². The number of rotatable bonds is 7. The van der Waals surface area contributed by atoms with E-state index < -0.39 is 28.3 Å². The highest BCUT2D eigenvalue weighted by Gasteiger charge is 2.32. The zero-order chi connectivity index (χ0) is 23.8. The van der Waals surface area contributed by atoms with E-state index in [0.29, 0.717) is 22.6 Å². The molecule has 1 aromatic heterocycles. The summed E-state index contributed by atoms with van der Waals surface area (Å²) in [5.74, 6) is 0.203. The summed E-state index contributed by atoms with van der Waals surface area (Å²) in [4.78, 5) is 16.7. The van der Waals surface area contributed by atoms with Gasteiger partial charge in [0.25, 0.3) is 10.0 Å². The molecule has 0 saturated heterocycles.